The Bertz CT molecular complexity index is 272. The van der Waals surface area contributed by atoms with Crippen LogP contribution in [0.25, 0.3) is 0 Å². The van der Waals surface area contributed by atoms with Crippen molar-refractivity contribution < 1.29 is 23.7 Å². The molecule has 20 heavy (non-hydrogen) atoms. The fourth-order valence-corrected chi connectivity index (χ4v) is 2.61. The molecule has 1 aliphatic heterocycles. The standard InChI is InChI=1S/C14H27IO5/c1-10(2)7-16-11(3)19-12-6-13(17-8-12)20-14(4,5)18-9-15/h10-13H,6-9H2,1-5H3/t11?,12-,13-/m1/s1. The van der Waals surface area contributed by atoms with Gasteiger partial charge >= 0.3 is 0 Å². The zero-order valence-electron chi connectivity index (χ0n) is 13.1. The minimum absolute atomic E-state index is 0.0116. The van der Waals surface area contributed by atoms with Gasteiger partial charge in [0, 0.05) is 6.42 Å². The molecular weight excluding hydrogens is 375 g/mol. The molecule has 0 aliphatic carbocycles. The van der Waals surface area contributed by atoms with E-state index in [0.29, 0.717) is 30.2 Å². The highest BCUT2D eigenvalue weighted by atomic mass is 127. The van der Waals surface area contributed by atoms with E-state index in [1.807, 2.05) is 20.8 Å². The van der Waals surface area contributed by atoms with Crippen molar-refractivity contribution in [3.63, 3.8) is 0 Å². The molecule has 120 valence electrons. The summed E-state index contributed by atoms with van der Waals surface area (Å²) in [6.45, 7) is 11.1. The van der Waals surface area contributed by atoms with Gasteiger partial charge in [0.25, 0.3) is 0 Å². The van der Waals surface area contributed by atoms with Crippen molar-refractivity contribution in [1.82, 2.24) is 0 Å². The highest BCUT2D eigenvalue weighted by Gasteiger charge is 2.33. The van der Waals surface area contributed by atoms with E-state index in [1.165, 1.54) is 0 Å². The predicted molar refractivity (Wildman–Crippen MR) is 84.6 cm³/mol. The summed E-state index contributed by atoms with van der Waals surface area (Å²) in [5.74, 6) is -0.135. The minimum atomic E-state index is -0.638. The first kappa shape index (κ1) is 18.6. The average Bonchev–Trinajstić information content (AvgIpc) is 2.72. The quantitative estimate of drug-likeness (QED) is 0.337. The van der Waals surface area contributed by atoms with Gasteiger partial charge in [-0.2, -0.15) is 0 Å². The fourth-order valence-electron chi connectivity index (χ4n) is 1.86. The molecule has 1 rings (SSSR count). The van der Waals surface area contributed by atoms with Crippen LogP contribution in [0.15, 0.2) is 0 Å². The van der Waals surface area contributed by atoms with E-state index in [9.17, 15) is 0 Å². The first-order valence-electron chi connectivity index (χ1n) is 7.09. The van der Waals surface area contributed by atoms with Gasteiger partial charge in [0.2, 0.25) is 0 Å². The van der Waals surface area contributed by atoms with Crippen molar-refractivity contribution in [1.29, 1.82) is 0 Å². The molecule has 3 atom stereocenters. The molecular formula is C14H27IO5. The molecule has 0 aromatic rings. The second kappa shape index (κ2) is 8.85. The van der Waals surface area contributed by atoms with Crippen molar-refractivity contribution in [3.8, 4) is 0 Å². The Labute approximate surface area is 135 Å². The van der Waals surface area contributed by atoms with Gasteiger partial charge < -0.3 is 23.7 Å². The number of rotatable bonds is 9. The molecule has 0 amide bonds. The van der Waals surface area contributed by atoms with Crippen molar-refractivity contribution in [2.75, 3.05) is 17.8 Å². The van der Waals surface area contributed by atoms with Gasteiger partial charge in [0.05, 0.1) is 19.3 Å². The first-order valence-corrected chi connectivity index (χ1v) is 8.61. The third-order valence-electron chi connectivity index (χ3n) is 2.79. The van der Waals surface area contributed by atoms with Crippen molar-refractivity contribution in [2.24, 2.45) is 5.92 Å². The number of halogens is 1. The van der Waals surface area contributed by atoms with Crippen LogP contribution >= 0.6 is 22.6 Å². The normalized spacial score (nSPS) is 25.4. The topological polar surface area (TPSA) is 46.2 Å². The van der Waals surface area contributed by atoms with Gasteiger partial charge in [-0.05, 0) is 26.7 Å². The third-order valence-corrected chi connectivity index (χ3v) is 3.10. The number of hydrogen-bond donors (Lipinski definition) is 0. The summed E-state index contributed by atoms with van der Waals surface area (Å²) >= 11 is 2.15. The SMILES string of the molecule is CC(C)COC(C)O[C@H]1CO[C@H](OC(C)(C)OCI)C1. The lowest BCUT2D eigenvalue weighted by molar-refractivity contribution is -0.274. The second-order valence-corrected chi connectivity index (χ2v) is 6.45. The van der Waals surface area contributed by atoms with Crippen LogP contribution in [0.2, 0.25) is 0 Å². The zero-order valence-corrected chi connectivity index (χ0v) is 15.2. The molecule has 1 unspecified atom stereocenters. The summed E-state index contributed by atoms with van der Waals surface area (Å²) in [6, 6.07) is 0. The summed E-state index contributed by atoms with van der Waals surface area (Å²) in [4.78, 5) is 0. The van der Waals surface area contributed by atoms with Crippen LogP contribution in [0.5, 0.6) is 0 Å². The summed E-state index contributed by atoms with van der Waals surface area (Å²) in [6.07, 6.45) is 0.208. The Morgan fingerprint density at radius 3 is 2.60 bits per heavy atom. The maximum Gasteiger partial charge on any atom is 0.166 e. The van der Waals surface area contributed by atoms with Gasteiger partial charge in [0.1, 0.15) is 4.61 Å². The highest BCUT2D eigenvalue weighted by Crippen LogP contribution is 2.24. The van der Waals surface area contributed by atoms with Gasteiger partial charge in [-0.25, -0.2) is 0 Å². The van der Waals surface area contributed by atoms with Crippen molar-refractivity contribution in [3.05, 3.63) is 0 Å². The van der Waals surface area contributed by atoms with Gasteiger partial charge in [-0.3, -0.25) is 0 Å². The van der Waals surface area contributed by atoms with Crippen LogP contribution < -0.4 is 0 Å². The van der Waals surface area contributed by atoms with Crippen LogP contribution in [0.1, 0.15) is 41.0 Å². The van der Waals surface area contributed by atoms with Gasteiger partial charge in [0.15, 0.2) is 18.4 Å². The molecule has 0 aromatic heterocycles. The first-order chi connectivity index (χ1) is 9.32. The molecule has 0 spiro atoms. The van der Waals surface area contributed by atoms with Crippen molar-refractivity contribution >= 4 is 22.6 Å². The van der Waals surface area contributed by atoms with E-state index in [2.05, 4.69) is 36.4 Å². The van der Waals surface area contributed by atoms with E-state index in [1.54, 1.807) is 0 Å². The van der Waals surface area contributed by atoms with Crippen molar-refractivity contribution in [2.45, 2.75) is 65.5 Å². The third kappa shape index (κ3) is 7.51. The van der Waals surface area contributed by atoms with Crippen LogP contribution in [-0.4, -0.2) is 42.3 Å². The Morgan fingerprint density at radius 2 is 2.00 bits per heavy atom. The van der Waals surface area contributed by atoms with Crippen LogP contribution in [0, 0.1) is 5.92 Å². The summed E-state index contributed by atoms with van der Waals surface area (Å²) < 4.78 is 28.8. The predicted octanol–water partition coefficient (Wildman–Crippen LogP) is 3.30. The maximum absolute atomic E-state index is 5.80. The molecule has 5 nitrogen and oxygen atoms in total. The minimum Gasteiger partial charge on any atom is -0.353 e. The smallest absolute Gasteiger partial charge is 0.166 e. The lowest BCUT2D eigenvalue weighted by Crippen LogP contribution is -2.33. The molecule has 1 fully saturated rings. The average molecular weight is 402 g/mol. The Balaban J connectivity index is 2.25. The molecule has 1 saturated heterocycles. The molecule has 0 aromatic carbocycles. The molecule has 6 heteroatoms. The fraction of sp³-hybridized carbons (Fsp3) is 1.00. The van der Waals surface area contributed by atoms with Crippen LogP contribution in [-0.2, 0) is 23.7 Å². The maximum atomic E-state index is 5.80. The lowest BCUT2D eigenvalue weighted by atomic mass is 10.2. The van der Waals surface area contributed by atoms with E-state index in [4.69, 9.17) is 23.7 Å². The number of hydrogen-bond acceptors (Lipinski definition) is 5. The Morgan fingerprint density at radius 1 is 1.30 bits per heavy atom. The van der Waals surface area contributed by atoms with E-state index in [0.717, 1.165) is 0 Å². The van der Waals surface area contributed by atoms with Crippen LogP contribution in [0.4, 0.5) is 0 Å². The largest absolute Gasteiger partial charge is 0.353 e. The highest BCUT2D eigenvalue weighted by molar-refractivity contribution is 14.1. The van der Waals surface area contributed by atoms with Gasteiger partial charge in [-0.15, -0.1) is 0 Å². The van der Waals surface area contributed by atoms with E-state index < -0.39 is 5.79 Å². The number of ether oxygens (including phenoxy) is 5. The van der Waals surface area contributed by atoms with Crippen LogP contribution in [0.3, 0.4) is 0 Å². The van der Waals surface area contributed by atoms with Gasteiger partial charge in [-0.1, -0.05) is 36.4 Å². The molecule has 0 N–H and O–H groups in total. The Hall–Kier alpha value is 0.530. The lowest BCUT2D eigenvalue weighted by Gasteiger charge is -2.27. The molecule has 0 radical (unpaired) electrons. The van der Waals surface area contributed by atoms with E-state index >= 15 is 0 Å². The molecule has 0 saturated carbocycles. The Kier molecular flexibility index (Phi) is 8.22. The summed E-state index contributed by atoms with van der Waals surface area (Å²) in [5.41, 5.74) is 0. The summed E-state index contributed by atoms with van der Waals surface area (Å²) in [7, 11) is 0. The molecule has 0 bridgehead atoms. The zero-order chi connectivity index (χ0) is 15.2. The summed E-state index contributed by atoms with van der Waals surface area (Å²) in [5, 5.41) is 0. The monoisotopic (exact) mass is 402 g/mol. The molecule has 1 aliphatic rings. The number of alkyl halides is 1. The second-order valence-electron chi connectivity index (χ2n) is 5.82. The molecule has 1 heterocycles. The van der Waals surface area contributed by atoms with E-state index in [-0.39, 0.29) is 18.7 Å².